The van der Waals surface area contributed by atoms with E-state index in [1.165, 1.54) is 5.56 Å². The summed E-state index contributed by atoms with van der Waals surface area (Å²) in [5.74, 6) is -0.170. The van der Waals surface area contributed by atoms with Crippen molar-refractivity contribution in [1.29, 1.82) is 10.5 Å². The molecule has 2 rings (SSSR count). The summed E-state index contributed by atoms with van der Waals surface area (Å²) < 4.78 is 0. The standard InChI is InChI=1S/C15H17N3/c16-10-15(11-17)14-6-8-18(9-7-14)12-13-4-2-1-3-5-13/h1-5,14-15H,6-9,12H2. The summed E-state index contributed by atoms with van der Waals surface area (Å²) >= 11 is 0. The molecule has 18 heavy (non-hydrogen) atoms. The summed E-state index contributed by atoms with van der Waals surface area (Å²) in [6, 6.07) is 14.6. The number of likely N-dealkylation sites (tertiary alicyclic amines) is 1. The second-order valence-corrected chi connectivity index (χ2v) is 4.84. The Morgan fingerprint density at radius 3 is 2.28 bits per heavy atom. The monoisotopic (exact) mass is 239 g/mol. The van der Waals surface area contributed by atoms with Crippen molar-refractivity contribution in [2.45, 2.75) is 19.4 Å². The molecular formula is C15H17N3. The zero-order valence-corrected chi connectivity index (χ0v) is 10.4. The Hall–Kier alpha value is -1.84. The number of benzene rings is 1. The van der Waals surface area contributed by atoms with Gasteiger partial charge >= 0.3 is 0 Å². The second-order valence-electron chi connectivity index (χ2n) is 4.84. The summed E-state index contributed by atoms with van der Waals surface area (Å²) in [7, 11) is 0. The third kappa shape index (κ3) is 3.09. The van der Waals surface area contributed by atoms with E-state index >= 15 is 0 Å². The maximum Gasteiger partial charge on any atom is 0.136 e. The van der Waals surface area contributed by atoms with Crippen LogP contribution in [0.1, 0.15) is 18.4 Å². The quantitative estimate of drug-likeness (QED) is 0.814. The van der Waals surface area contributed by atoms with Crippen LogP contribution in [-0.4, -0.2) is 18.0 Å². The lowest BCUT2D eigenvalue weighted by molar-refractivity contribution is 0.167. The van der Waals surface area contributed by atoms with E-state index in [1.807, 2.05) is 6.07 Å². The molecule has 3 nitrogen and oxygen atoms in total. The molecule has 0 spiro atoms. The lowest BCUT2D eigenvalue weighted by atomic mass is 9.86. The van der Waals surface area contributed by atoms with Gasteiger partial charge in [0.25, 0.3) is 0 Å². The van der Waals surface area contributed by atoms with Gasteiger partial charge in [0.2, 0.25) is 0 Å². The van der Waals surface area contributed by atoms with Crippen molar-refractivity contribution < 1.29 is 0 Å². The van der Waals surface area contributed by atoms with Gasteiger partial charge < -0.3 is 0 Å². The van der Waals surface area contributed by atoms with Gasteiger partial charge in [0, 0.05) is 6.54 Å². The third-order valence-electron chi connectivity index (χ3n) is 3.63. The summed E-state index contributed by atoms with van der Waals surface area (Å²) in [5.41, 5.74) is 1.33. The summed E-state index contributed by atoms with van der Waals surface area (Å²) in [6.45, 7) is 2.94. The molecule has 0 radical (unpaired) electrons. The van der Waals surface area contributed by atoms with Crippen LogP contribution < -0.4 is 0 Å². The fraction of sp³-hybridized carbons (Fsp3) is 0.467. The first-order chi connectivity index (χ1) is 8.83. The molecule has 0 atom stereocenters. The molecule has 0 amide bonds. The molecule has 0 saturated carbocycles. The molecule has 1 aliphatic heterocycles. The van der Waals surface area contributed by atoms with E-state index < -0.39 is 5.92 Å². The fourth-order valence-electron chi connectivity index (χ4n) is 2.53. The van der Waals surface area contributed by atoms with Crippen LogP contribution in [0.4, 0.5) is 0 Å². The minimum Gasteiger partial charge on any atom is -0.299 e. The second kappa shape index (κ2) is 6.19. The van der Waals surface area contributed by atoms with Crippen molar-refractivity contribution >= 4 is 0 Å². The van der Waals surface area contributed by atoms with Crippen molar-refractivity contribution in [3.63, 3.8) is 0 Å². The minimum atomic E-state index is -0.427. The van der Waals surface area contributed by atoms with Gasteiger partial charge in [0.15, 0.2) is 0 Å². The SMILES string of the molecule is N#CC(C#N)C1CCN(Cc2ccccc2)CC1. The van der Waals surface area contributed by atoms with Gasteiger partial charge in [-0.3, -0.25) is 4.90 Å². The van der Waals surface area contributed by atoms with Crippen molar-refractivity contribution in [2.24, 2.45) is 11.8 Å². The number of nitrogens with zero attached hydrogens (tertiary/aromatic N) is 3. The fourth-order valence-corrected chi connectivity index (χ4v) is 2.53. The largest absolute Gasteiger partial charge is 0.299 e. The number of piperidine rings is 1. The van der Waals surface area contributed by atoms with Crippen LogP contribution in [0.15, 0.2) is 30.3 Å². The number of hydrogen-bond acceptors (Lipinski definition) is 3. The van der Waals surface area contributed by atoms with Crippen LogP contribution in [-0.2, 0) is 6.54 Å². The van der Waals surface area contributed by atoms with Crippen LogP contribution in [0.2, 0.25) is 0 Å². The third-order valence-corrected chi connectivity index (χ3v) is 3.63. The van der Waals surface area contributed by atoms with Crippen LogP contribution in [0.5, 0.6) is 0 Å². The predicted octanol–water partition coefficient (Wildman–Crippen LogP) is 2.56. The molecule has 0 bridgehead atoms. The molecule has 0 N–H and O–H groups in total. The summed E-state index contributed by atoms with van der Waals surface area (Å²) in [4.78, 5) is 2.40. The van der Waals surface area contributed by atoms with Crippen molar-refractivity contribution in [3.05, 3.63) is 35.9 Å². The molecule has 0 aromatic heterocycles. The zero-order valence-electron chi connectivity index (χ0n) is 10.4. The maximum absolute atomic E-state index is 8.89. The number of nitriles is 2. The average Bonchev–Trinajstić information content (AvgIpc) is 2.43. The summed E-state index contributed by atoms with van der Waals surface area (Å²) in [5, 5.41) is 17.8. The van der Waals surface area contributed by atoms with Gasteiger partial charge in [-0.1, -0.05) is 30.3 Å². The Balaban J connectivity index is 1.85. The van der Waals surface area contributed by atoms with Crippen molar-refractivity contribution in [3.8, 4) is 12.1 Å². The van der Waals surface area contributed by atoms with Crippen LogP contribution in [0.25, 0.3) is 0 Å². The predicted molar refractivity (Wildman–Crippen MR) is 69.2 cm³/mol. The van der Waals surface area contributed by atoms with Crippen molar-refractivity contribution in [1.82, 2.24) is 4.90 Å². The van der Waals surface area contributed by atoms with E-state index in [2.05, 4.69) is 41.3 Å². The smallest absolute Gasteiger partial charge is 0.136 e. The zero-order chi connectivity index (χ0) is 12.8. The van der Waals surface area contributed by atoms with Crippen LogP contribution in [0.3, 0.4) is 0 Å². The van der Waals surface area contributed by atoms with Crippen molar-refractivity contribution in [2.75, 3.05) is 13.1 Å². The Labute approximate surface area is 108 Å². The number of rotatable bonds is 3. The van der Waals surface area contributed by atoms with E-state index in [0.717, 1.165) is 32.5 Å². The van der Waals surface area contributed by atoms with Gasteiger partial charge in [-0.25, -0.2) is 0 Å². The highest BCUT2D eigenvalue weighted by molar-refractivity contribution is 5.14. The Bertz CT molecular complexity index is 433. The Kier molecular flexibility index (Phi) is 4.34. The first kappa shape index (κ1) is 12.6. The minimum absolute atomic E-state index is 0.257. The van der Waals surface area contributed by atoms with Crippen LogP contribution >= 0.6 is 0 Å². The van der Waals surface area contributed by atoms with E-state index in [9.17, 15) is 0 Å². The van der Waals surface area contributed by atoms with E-state index in [0.29, 0.717) is 0 Å². The Morgan fingerprint density at radius 1 is 1.11 bits per heavy atom. The highest BCUT2D eigenvalue weighted by Gasteiger charge is 2.26. The molecule has 92 valence electrons. The molecule has 0 aliphatic carbocycles. The molecule has 3 heteroatoms. The summed E-state index contributed by atoms with van der Waals surface area (Å²) in [6.07, 6.45) is 1.91. The Morgan fingerprint density at radius 2 is 1.72 bits per heavy atom. The molecular weight excluding hydrogens is 222 g/mol. The number of hydrogen-bond donors (Lipinski definition) is 0. The van der Waals surface area contributed by atoms with E-state index in [-0.39, 0.29) is 5.92 Å². The maximum atomic E-state index is 8.89. The highest BCUT2D eigenvalue weighted by Crippen LogP contribution is 2.25. The van der Waals surface area contributed by atoms with Gasteiger partial charge in [0.05, 0.1) is 12.1 Å². The topological polar surface area (TPSA) is 50.8 Å². The molecule has 1 aromatic carbocycles. The van der Waals surface area contributed by atoms with Gasteiger partial charge in [0.1, 0.15) is 5.92 Å². The van der Waals surface area contributed by atoms with Gasteiger partial charge in [-0.2, -0.15) is 10.5 Å². The molecule has 1 fully saturated rings. The molecule has 1 aromatic rings. The van der Waals surface area contributed by atoms with E-state index in [1.54, 1.807) is 0 Å². The molecule has 1 aliphatic rings. The lowest BCUT2D eigenvalue weighted by Gasteiger charge is -2.32. The molecule has 0 unspecified atom stereocenters. The normalized spacial score (nSPS) is 17.3. The molecule has 1 saturated heterocycles. The lowest BCUT2D eigenvalue weighted by Crippen LogP contribution is -2.35. The highest BCUT2D eigenvalue weighted by atomic mass is 15.1. The first-order valence-corrected chi connectivity index (χ1v) is 6.39. The molecule has 1 heterocycles. The van der Waals surface area contributed by atoms with Gasteiger partial charge in [-0.15, -0.1) is 0 Å². The first-order valence-electron chi connectivity index (χ1n) is 6.39. The van der Waals surface area contributed by atoms with Crippen LogP contribution in [0, 0.1) is 34.5 Å². The van der Waals surface area contributed by atoms with E-state index in [4.69, 9.17) is 10.5 Å². The van der Waals surface area contributed by atoms with Gasteiger partial charge in [-0.05, 0) is 37.4 Å². The average molecular weight is 239 g/mol.